The molecular weight excluding hydrogens is 454 g/mol. The molecule has 0 radical (unpaired) electrons. The molecule has 0 saturated heterocycles. The van der Waals surface area contributed by atoms with Crippen LogP contribution in [0.2, 0.25) is 5.02 Å². The van der Waals surface area contributed by atoms with Gasteiger partial charge in [0, 0.05) is 11.5 Å². The zero-order valence-electron chi connectivity index (χ0n) is 17.8. The van der Waals surface area contributed by atoms with Crippen molar-refractivity contribution in [1.82, 2.24) is 19.9 Å². The van der Waals surface area contributed by atoms with E-state index in [1.807, 2.05) is 26.8 Å². The number of benzene rings is 1. The van der Waals surface area contributed by atoms with Gasteiger partial charge in [0.2, 0.25) is 15.9 Å². The number of hydrogen-bond acceptors (Lipinski definition) is 7. The third kappa shape index (κ3) is 3.77. The average molecular weight is 476 g/mol. The van der Waals surface area contributed by atoms with E-state index in [4.69, 9.17) is 20.9 Å². The van der Waals surface area contributed by atoms with Crippen LogP contribution in [0.25, 0.3) is 27.6 Å². The molecule has 0 atom stereocenters. The lowest BCUT2D eigenvalue weighted by Gasteiger charge is -2.10. The van der Waals surface area contributed by atoms with Crippen LogP contribution < -0.4 is 9.46 Å². The molecule has 0 spiro atoms. The minimum absolute atomic E-state index is 0.192. The highest BCUT2D eigenvalue weighted by Gasteiger charge is 2.36. The normalized spacial score (nSPS) is 14.5. The van der Waals surface area contributed by atoms with Crippen LogP contribution in [0.15, 0.2) is 28.9 Å². The van der Waals surface area contributed by atoms with E-state index in [1.54, 1.807) is 23.0 Å². The first-order valence-corrected chi connectivity index (χ1v) is 12.2. The van der Waals surface area contributed by atoms with Gasteiger partial charge in [0.1, 0.15) is 5.02 Å². The lowest BCUT2D eigenvalue weighted by molar-refractivity contribution is 0.261. The van der Waals surface area contributed by atoms with E-state index in [2.05, 4.69) is 20.0 Å². The Hall–Kier alpha value is -2.85. The van der Waals surface area contributed by atoms with E-state index in [-0.39, 0.29) is 11.1 Å². The van der Waals surface area contributed by atoms with Gasteiger partial charge in [-0.2, -0.15) is 5.10 Å². The first-order valence-electron chi connectivity index (χ1n) is 10.3. The number of aromatic nitrogens is 4. The van der Waals surface area contributed by atoms with Crippen molar-refractivity contribution in [3.05, 3.63) is 35.1 Å². The molecule has 1 N–H and O–H groups in total. The van der Waals surface area contributed by atoms with Crippen molar-refractivity contribution in [2.45, 2.75) is 38.9 Å². The highest BCUT2D eigenvalue weighted by molar-refractivity contribution is 7.93. The highest BCUT2D eigenvalue weighted by atomic mass is 35.5. The van der Waals surface area contributed by atoms with E-state index in [1.165, 1.54) is 0 Å². The summed E-state index contributed by atoms with van der Waals surface area (Å²) in [6, 6.07) is 5.36. The first kappa shape index (κ1) is 21.0. The van der Waals surface area contributed by atoms with Gasteiger partial charge < -0.3 is 9.26 Å². The first-order chi connectivity index (χ1) is 15.2. The number of hydrogen-bond donors (Lipinski definition) is 1. The Balaban J connectivity index is 1.54. The van der Waals surface area contributed by atoms with Gasteiger partial charge in [-0.3, -0.25) is 4.72 Å². The molecule has 0 amide bonds. The van der Waals surface area contributed by atoms with Gasteiger partial charge in [0.15, 0.2) is 11.4 Å². The Bertz CT molecular complexity index is 1440. The molecule has 0 unspecified atom stereocenters. The fraction of sp³-hybridized carbons (Fsp3) is 0.381. The minimum Gasteiger partial charge on any atom is -0.476 e. The molecule has 4 aromatic rings. The van der Waals surface area contributed by atoms with Crippen molar-refractivity contribution in [2.75, 3.05) is 11.3 Å². The van der Waals surface area contributed by atoms with Crippen LogP contribution in [-0.2, 0) is 10.0 Å². The summed E-state index contributed by atoms with van der Waals surface area (Å²) in [5, 5.41) is 10.0. The van der Waals surface area contributed by atoms with Crippen LogP contribution in [0.4, 0.5) is 5.82 Å². The Morgan fingerprint density at radius 3 is 2.75 bits per heavy atom. The van der Waals surface area contributed by atoms with Crippen molar-refractivity contribution in [1.29, 1.82) is 0 Å². The van der Waals surface area contributed by atoms with Gasteiger partial charge >= 0.3 is 0 Å². The minimum atomic E-state index is -3.45. The van der Waals surface area contributed by atoms with Gasteiger partial charge in [-0.15, -0.1) is 0 Å². The summed E-state index contributed by atoms with van der Waals surface area (Å²) >= 11 is 6.39. The van der Waals surface area contributed by atoms with Crippen LogP contribution in [0.1, 0.15) is 32.4 Å². The van der Waals surface area contributed by atoms with E-state index < -0.39 is 10.0 Å². The maximum absolute atomic E-state index is 12.3. The molecule has 1 aliphatic carbocycles. The predicted octanol–water partition coefficient (Wildman–Crippen LogP) is 4.46. The van der Waals surface area contributed by atoms with E-state index in [9.17, 15) is 8.42 Å². The van der Waals surface area contributed by atoms with Crippen molar-refractivity contribution >= 4 is 49.3 Å². The number of rotatable bonds is 7. The van der Waals surface area contributed by atoms with Gasteiger partial charge in [-0.25, -0.2) is 18.1 Å². The fourth-order valence-corrected chi connectivity index (χ4v) is 5.00. The second-order valence-corrected chi connectivity index (χ2v) is 10.8. The molecule has 1 aliphatic rings. The number of fused-ring (bicyclic) bond motifs is 2. The van der Waals surface area contributed by atoms with Crippen LogP contribution in [0, 0.1) is 12.8 Å². The van der Waals surface area contributed by atoms with Gasteiger partial charge in [-0.1, -0.05) is 30.6 Å². The quantitative estimate of drug-likeness (QED) is 0.419. The third-order valence-corrected chi connectivity index (χ3v) is 7.35. The second-order valence-electron chi connectivity index (χ2n) is 8.43. The molecule has 32 heavy (non-hydrogen) atoms. The Kier molecular flexibility index (Phi) is 5.01. The molecule has 1 fully saturated rings. The second kappa shape index (κ2) is 7.63. The third-order valence-electron chi connectivity index (χ3n) is 5.25. The highest BCUT2D eigenvalue weighted by Crippen LogP contribution is 2.35. The molecule has 1 aromatic carbocycles. The Labute approximate surface area is 189 Å². The molecule has 0 bridgehead atoms. The van der Waals surface area contributed by atoms with Crippen LogP contribution >= 0.6 is 11.6 Å². The van der Waals surface area contributed by atoms with E-state index >= 15 is 0 Å². The number of nitrogens with one attached hydrogen (secondary N) is 1. The molecule has 0 aliphatic heterocycles. The van der Waals surface area contributed by atoms with E-state index in [0.717, 1.165) is 16.6 Å². The fourth-order valence-electron chi connectivity index (χ4n) is 3.45. The van der Waals surface area contributed by atoms with Crippen LogP contribution in [0.3, 0.4) is 0 Å². The standard InChI is InChI=1S/C21H22ClN5O4S/c1-11(2)10-30-21-17(22)6-13(9-23-21)27-18-8-19-16(7-15(18)12(3)24-27)20(25-31-19)26-32(28,29)14-4-5-14/h6-9,11,14H,4-5,10H2,1-3H3,(H,25,26). The summed E-state index contributed by atoms with van der Waals surface area (Å²) in [5.41, 5.74) is 2.63. The summed E-state index contributed by atoms with van der Waals surface area (Å²) in [6.07, 6.45) is 2.98. The zero-order valence-corrected chi connectivity index (χ0v) is 19.4. The summed E-state index contributed by atoms with van der Waals surface area (Å²) in [7, 11) is -3.45. The number of pyridine rings is 1. The molecule has 11 heteroatoms. The predicted molar refractivity (Wildman–Crippen MR) is 122 cm³/mol. The average Bonchev–Trinajstić information content (AvgIpc) is 3.48. The molecule has 1 saturated carbocycles. The van der Waals surface area contributed by atoms with Crippen molar-refractivity contribution in [3.63, 3.8) is 0 Å². The molecular formula is C21H22ClN5O4S. The molecule has 5 rings (SSSR count). The summed E-state index contributed by atoms with van der Waals surface area (Å²) in [5.74, 6) is 0.924. The zero-order chi connectivity index (χ0) is 22.6. The largest absolute Gasteiger partial charge is 0.476 e. The van der Waals surface area contributed by atoms with Crippen molar-refractivity contribution < 1.29 is 17.7 Å². The van der Waals surface area contributed by atoms with Gasteiger partial charge in [0.05, 0.1) is 40.3 Å². The summed E-state index contributed by atoms with van der Waals surface area (Å²) in [4.78, 5) is 4.34. The molecule has 9 nitrogen and oxygen atoms in total. The number of halogens is 1. The number of nitrogens with zero attached hydrogens (tertiary/aromatic N) is 4. The number of anilines is 1. The van der Waals surface area contributed by atoms with Crippen LogP contribution in [-0.4, -0.2) is 40.2 Å². The van der Waals surface area contributed by atoms with Gasteiger partial charge in [0.25, 0.3) is 0 Å². The molecule has 3 aromatic heterocycles. The lowest BCUT2D eigenvalue weighted by atomic mass is 10.1. The Morgan fingerprint density at radius 2 is 2.06 bits per heavy atom. The lowest BCUT2D eigenvalue weighted by Crippen LogP contribution is -2.17. The van der Waals surface area contributed by atoms with Crippen molar-refractivity contribution in [3.8, 4) is 11.6 Å². The topological polar surface area (TPSA) is 112 Å². The summed E-state index contributed by atoms with van der Waals surface area (Å²) < 4.78 is 40.0. The monoisotopic (exact) mass is 475 g/mol. The number of ether oxygens (including phenoxy) is 1. The maximum atomic E-state index is 12.3. The van der Waals surface area contributed by atoms with Gasteiger partial charge in [-0.05, 0) is 37.8 Å². The van der Waals surface area contributed by atoms with Crippen molar-refractivity contribution in [2.24, 2.45) is 5.92 Å². The number of aryl methyl sites for hydroxylation is 1. The van der Waals surface area contributed by atoms with E-state index in [0.29, 0.717) is 52.9 Å². The smallest absolute Gasteiger partial charge is 0.236 e. The molecule has 168 valence electrons. The summed E-state index contributed by atoms with van der Waals surface area (Å²) in [6.45, 7) is 6.49. The number of sulfonamides is 1. The maximum Gasteiger partial charge on any atom is 0.236 e. The van der Waals surface area contributed by atoms with Crippen LogP contribution in [0.5, 0.6) is 5.88 Å². The Morgan fingerprint density at radius 1 is 1.28 bits per heavy atom. The SMILES string of the molecule is Cc1nn(-c2cnc(OCC(C)C)c(Cl)c2)c2cc3onc(NS(=O)(=O)C4CC4)c3cc12. The molecule has 3 heterocycles.